The Labute approximate surface area is 158 Å². The summed E-state index contributed by atoms with van der Waals surface area (Å²) in [5.74, 6) is 0. The summed E-state index contributed by atoms with van der Waals surface area (Å²) in [4.78, 5) is 0. The van der Waals surface area contributed by atoms with Crippen molar-refractivity contribution in [1.29, 1.82) is 0 Å². The standard InChI is InChI=1S/C21H33BO4/c1-18(2)19(3,4)26-22(25-18)17-10-8-16(9-11-17)21(24-7)14-12-20(5,23-6)13-15-21/h8-11H,12-15H2,1-7H3. The summed E-state index contributed by atoms with van der Waals surface area (Å²) in [5, 5.41) is 0. The first-order valence-corrected chi connectivity index (χ1v) is 9.63. The maximum Gasteiger partial charge on any atom is 0.494 e. The minimum absolute atomic E-state index is 0.0370. The molecule has 1 saturated heterocycles. The van der Waals surface area contributed by atoms with Gasteiger partial charge in [-0.25, -0.2) is 0 Å². The highest BCUT2D eigenvalue weighted by atomic mass is 16.7. The Kier molecular flexibility index (Phi) is 5.07. The average molecular weight is 360 g/mol. The quantitative estimate of drug-likeness (QED) is 0.766. The van der Waals surface area contributed by atoms with E-state index in [1.54, 1.807) is 7.11 Å². The lowest BCUT2D eigenvalue weighted by atomic mass is 9.72. The van der Waals surface area contributed by atoms with Crippen LogP contribution in [0.25, 0.3) is 0 Å². The summed E-state index contributed by atoms with van der Waals surface area (Å²) in [7, 11) is 3.30. The van der Waals surface area contributed by atoms with Crippen LogP contribution in [0.3, 0.4) is 0 Å². The molecule has 0 amide bonds. The SMILES string of the molecule is COC1(C)CCC(OC)(c2ccc(B3OC(C)(C)C(C)(C)O3)cc2)CC1. The van der Waals surface area contributed by atoms with Crippen LogP contribution < -0.4 is 5.46 Å². The molecule has 4 nitrogen and oxygen atoms in total. The zero-order chi connectivity index (χ0) is 19.2. The fourth-order valence-electron chi connectivity index (χ4n) is 3.92. The van der Waals surface area contributed by atoms with Crippen LogP contribution in [0.5, 0.6) is 0 Å². The van der Waals surface area contributed by atoms with Crippen molar-refractivity contribution in [1.82, 2.24) is 0 Å². The Bertz CT molecular complexity index is 614. The molecule has 26 heavy (non-hydrogen) atoms. The minimum Gasteiger partial charge on any atom is -0.399 e. The summed E-state index contributed by atoms with van der Waals surface area (Å²) >= 11 is 0. The molecule has 1 aliphatic carbocycles. The summed E-state index contributed by atoms with van der Waals surface area (Å²) in [5.41, 5.74) is 1.36. The molecule has 2 fully saturated rings. The predicted octanol–water partition coefficient (Wildman–Crippen LogP) is 3.81. The zero-order valence-corrected chi connectivity index (χ0v) is 17.3. The maximum atomic E-state index is 6.16. The first-order valence-electron chi connectivity index (χ1n) is 9.63. The Morgan fingerprint density at radius 2 is 1.27 bits per heavy atom. The van der Waals surface area contributed by atoms with Crippen LogP contribution >= 0.6 is 0 Å². The smallest absolute Gasteiger partial charge is 0.399 e. The van der Waals surface area contributed by atoms with E-state index < -0.39 is 0 Å². The molecule has 1 aliphatic heterocycles. The molecule has 0 N–H and O–H groups in total. The first kappa shape index (κ1) is 19.9. The van der Waals surface area contributed by atoms with Gasteiger partial charge >= 0.3 is 7.12 Å². The molecule has 144 valence electrons. The fourth-order valence-corrected chi connectivity index (χ4v) is 3.92. The second kappa shape index (κ2) is 6.63. The highest BCUT2D eigenvalue weighted by Gasteiger charge is 2.51. The van der Waals surface area contributed by atoms with Crippen LogP contribution in [0.4, 0.5) is 0 Å². The molecule has 0 unspecified atom stereocenters. The average Bonchev–Trinajstić information content (AvgIpc) is 2.84. The van der Waals surface area contributed by atoms with Gasteiger partial charge in [-0.05, 0) is 71.3 Å². The van der Waals surface area contributed by atoms with Gasteiger partial charge in [0.15, 0.2) is 0 Å². The van der Waals surface area contributed by atoms with Crippen molar-refractivity contribution in [3.8, 4) is 0 Å². The van der Waals surface area contributed by atoms with E-state index in [0.29, 0.717) is 0 Å². The third-order valence-corrected chi connectivity index (χ3v) is 6.96. The molecule has 1 saturated carbocycles. The van der Waals surface area contributed by atoms with Gasteiger partial charge in [-0.2, -0.15) is 0 Å². The van der Waals surface area contributed by atoms with Gasteiger partial charge < -0.3 is 18.8 Å². The highest BCUT2D eigenvalue weighted by molar-refractivity contribution is 6.62. The molecule has 0 atom stereocenters. The number of hydrogen-bond donors (Lipinski definition) is 0. The zero-order valence-electron chi connectivity index (χ0n) is 17.3. The van der Waals surface area contributed by atoms with E-state index >= 15 is 0 Å². The number of rotatable bonds is 4. The lowest BCUT2D eigenvalue weighted by Gasteiger charge is -2.43. The van der Waals surface area contributed by atoms with Crippen molar-refractivity contribution in [2.45, 2.75) is 82.7 Å². The van der Waals surface area contributed by atoms with Crippen LogP contribution in [-0.4, -0.2) is 38.1 Å². The molecular weight excluding hydrogens is 327 g/mol. The molecule has 0 aromatic heterocycles. The molecular formula is C21H33BO4. The van der Waals surface area contributed by atoms with Crippen molar-refractivity contribution in [3.05, 3.63) is 29.8 Å². The van der Waals surface area contributed by atoms with E-state index in [9.17, 15) is 0 Å². The number of methoxy groups -OCH3 is 2. The molecule has 1 aromatic rings. The summed E-state index contributed by atoms with van der Waals surface area (Å²) in [6.07, 6.45) is 3.92. The van der Waals surface area contributed by atoms with Crippen LogP contribution in [-0.2, 0) is 24.4 Å². The molecule has 1 heterocycles. The topological polar surface area (TPSA) is 36.9 Å². The highest BCUT2D eigenvalue weighted by Crippen LogP contribution is 2.44. The van der Waals surface area contributed by atoms with Gasteiger partial charge in [0.05, 0.1) is 22.4 Å². The third-order valence-electron chi connectivity index (χ3n) is 6.96. The lowest BCUT2D eigenvalue weighted by molar-refractivity contribution is -0.111. The van der Waals surface area contributed by atoms with E-state index in [-0.39, 0.29) is 29.5 Å². The molecule has 2 aliphatic rings. The predicted molar refractivity (Wildman–Crippen MR) is 105 cm³/mol. The van der Waals surface area contributed by atoms with Gasteiger partial charge in [-0.3, -0.25) is 0 Å². The number of benzene rings is 1. The van der Waals surface area contributed by atoms with E-state index in [1.807, 2.05) is 7.11 Å². The second-order valence-electron chi connectivity index (χ2n) is 9.06. The van der Waals surface area contributed by atoms with E-state index in [1.165, 1.54) is 5.56 Å². The lowest BCUT2D eigenvalue weighted by Crippen LogP contribution is -2.42. The summed E-state index contributed by atoms with van der Waals surface area (Å²) < 4.78 is 24.0. The monoisotopic (exact) mass is 360 g/mol. The fraction of sp³-hybridized carbons (Fsp3) is 0.714. The van der Waals surface area contributed by atoms with Crippen molar-refractivity contribution >= 4 is 12.6 Å². The summed E-state index contributed by atoms with van der Waals surface area (Å²) in [6, 6.07) is 8.56. The molecule has 0 bridgehead atoms. The van der Waals surface area contributed by atoms with Crippen LogP contribution in [0.2, 0.25) is 0 Å². The molecule has 3 rings (SSSR count). The largest absolute Gasteiger partial charge is 0.494 e. The van der Waals surface area contributed by atoms with Crippen molar-refractivity contribution < 1.29 is 18.8 Å². The summed E-state index contributed by atoms with van der Waals surface area (Å²) in [6.45, 7) is 10.5. The molecule has 1 aromatic carbocycles. The number of ether oxygens (including phenoxy) is 2. The number of hydrogen-bond acceptors (Lipinski definition) is 4. The van der Waals surface area contributed by atoms with Crippen LogP contribution in [0, 0.1) is 0 Å². The molecule has 0 spiro atoms. The van der Waals surface area contributed by atoms with Gasteiger partial charge in [0, 0.05) is 14.2 Å². The van der Waals surface area contributed by atoms with Gasteiger partial charge in [-0.1, -0.05) is 24.3 Å². The molecule has 5 heteroatoms. The van der Waals surface area contributed by atoms with E-state index in [0.717, 1.165) is 31.1 Å². The van der Waals surface area contributed by atoms with E-state index in [4.69, 9.17) is 18.8 Å². The Hall–Kier alpha value is -0.875. The van der Waals surface area contributed by atoms with Gasteiger partial charge in [-0.15, -0.1) is 0 Å². The van der Waals surface area contributed by atoms with Gasteiger partial charge in [0.25, 0.3) is 0 Å². The molecule has 0 radical (unpaired) electrons. The van der Waals surface area contributed by atoms with Gasteiger partial charge in [0.2, 0.25) is 0 Å². The Morgan fingerprint density at radius 1 is 0.769 bits per heavy atom. The van der Waals surface area contributed by atoms with Crippen molar-refractivity contribution in [2.24, 2.45) is 0 Å². The van der Waals surface area contributed by atoms with Crippen LogP contribution in [0.1, 0.15) is 65.9 Å². The van der Waals surface area contributed by atoms with E-state index in [2.05, 4.69) is 58.9 Å². The first-order chi connectivity index (χ1) is 12.1. The second-order valence-corrected chi connectivity index (χ2v) is 9.06. The third kappa shape index (κ3) is 3.35. The van der Waals surface area contributed by atoms with Crippen LogP contribution in [0.15, 0.2) is 24.3 Å². The van der Waals surface area contributed by atoms with Crippen molar-refractivity contribution in [3.63, 3.8) is 0 Å². The maximum absolute atomic E-state index is 6.16. The van der Waals surface area contributed by atoms with Crippen molar-refractivity contribution in [2.75, 3.05) is 14.2 Å². The van der Waals surface area contributed by atoms with Gasteiger partial charge in [0.1, 0.15) is 0 Å². The Balaban J connectivity index is 1.77. The normalized spacial score (nSPS) is 33.4. The minimum atomic E-state index is -0.323. The Morgan fingerprint density at radius 3 is 1.69 bits per heavy atom.